The highest BCUT2D eigenvalue weighted by molar-refractivity contribution is 7.18. The lowest BCUT2D eigenvalue weighted by atomic mass is 10.2. The summed E-state index contributed by atoms with van der Waals surface area (Å²) in [4.78, 5) is 14.6. The number of hydrogen-bond acceptors (Lipinski definition) is 8. The summed E-state index contributed by atoms with van der Waals surface area (Å²) in [5, 5.41) is 1.99. The molecule has 8 heteroatoms. The van der Waals surface area contributed by atoms with E-state index in [0.29, 0.717) is 5.95 Å². The summed E-state index contributed by atoms with van der Waals surface area (Å²) in [7, 11) is 0. The third-order valence-corrected chi connectivity index (χ3v) is 5.70. The molecule has 1 aliphatic heterocycles. The van der Waals surface area contributed by atoms with Crippen LogP contribution in [0.2, 0.25) is 0 Å². The van der Waals surface area contributed by atoms with Gasteiger partial charge in [-0.05, 0) is 5.56 Å². The lowest BCUT2D eigenvalue weighted by Gasteiger charge is -2.34. The van der Waals surface area contributed by atoms with Crippen molar-refractivity contribution in [2.45, 2.75) is 0 Å². The maximum Gasteiger partial charge on any atom is 0.233 e. The molecule has 2 N–H and O–H groups in total. The largest absolute Gasteiger partial charge is 0.367 e. The highest BCUT2D eigenvalue weighted by Crippen LogP contribution is 2.31. The van der Waals surface area contributed by atoms with Crippen molar-refractivity contribution in [3.8, 4) is 10.4 Å². The SMILES string of the molecule is Nc1nsc(N2CCN(c3ncc(-c4ccccc4)s3)CC2)n1. The van der Waals surface area contributed by atoms with Crippen molar-refractivity contribution >= 4 is 39.1 Å². The highest BCUT2D eigenvalue weighted by atomic mass is 32.1. The summed E-state index contributed by atoms with van der Waals surface area (Å²) in [6.07, 6.45) is 1.97. The first kappa shape index (κ1) is 14.4. The van der Waals surface area contributed by atoms with Crippen molar-refractivity contribution < 1.29 is 0 Å². The van der Waals surface area contributed by atoms with Crippen molar-refractivity contribution in [3.63, 3.8) is 0 Å². The van der Waals surface area contributed by atoms with Crippen LogP contribution in [0.4, 0.5) is 16.2 Å². The summed E-state index contributed by atoms with van der Waals surface area (Å²) in [5.41, 5.74) is 6.83. The zero-order valence-electron chi connectivity index (χ0n) is 12.4. The Hall–Kier alpha value is -2.19. The van der Waals surface area contributed by atoms with Crippen molar-refractivity contribution in [3.05, 3.63) is 36.5 Å². The first-order valence-corrected chi connectivity index (χ1v) is 8.99. The minimum absolute atomic E-state index is 0.361. The van der Waals surface area contributed by atoms with Gasteiger partial charge in [-0.2, -0.15) is 9.36 Å². The molecule has 4 rings (SSSR count). The summed E-state index contributed by atoms with van der Waals surface area (Å²) in [5.74, 6) is 0.361. The van der Waals surface area contributed by atoms with Gasteiger partial charge in [0, 0.05) is 43.9 Å². The van der Waals surface area contributed by atoms with Gasteiger partial charge in [-0.1, -0.05) is 41.7 Å². The van der Waals surface area contributed by atoms with Crippen molar-refractivity contribution in [1.82, 2.24) is 14.3 Å². The minimum Gasteiger partial charge on any atom is -0.367 e. The molecule has 0 radical (unpaired) electrons. The Morgan fingerprint density at radius 3 is 2.30 bits per heavy atom. The molecular weight excluding hydrogens is 328 g/mol. The van der Waals surface area contributed by atoms with Gasteiger partial charge in [-0.15, -0.1) is 0 Å². The van der Waals surface area contributed by atoms with Crippen molar-refractivity contribution in [1.29, 1.82) is 0 Å². The zero-order chi connectivity index (χ0) is 15.6. The molecule has 2 aromatic heterocycles. The molecule has 3 aromatic rings. The Morgan fingerprint density at radius 2 is 1.65 bits per heavy atom. The molecule has 0 spiro atoms. The van der Waals surface area contributed by atoms with E-state index in [1.54, 1.807) is 11.3 Å². The maximum absolute atomic E-state index is 5.60. The molecule has 0 aliphatic carbocycles. The van der Waals surface area contributed by atoms with Crippen LogP contribution in [-0.2, 0) is 0 Å². The normalized spacial score (nSPS) is 15.1. The van der Waals surface area contributed by atoms with Crippen LogP contribution in [0.1, 0.15) is 0 Å². The number of aromatic nitrogens is 3. The topological polar surface area (TPSA) is 71.2 Å². The number of benzene rings is 1. The fourth-order valence-corrected chi connectivity index (χ4v) is 4.21. The van der Waals surface area contributed by atoms with E-state index in [4.69, 9.17) is 5.73 Å². The van der Waals surface area contributed by atoms with Crippen LogP contribution in [0.15, 0.2) is 36.5 Å². The van der Waals surface area contributed by atoms with Crippen molar-refractivity contribution in [2.75, 3.05) is 41.7 Å². The molecule has 1 saturated heterocycles. The number of anilines is 3. The molecule has 0 saturated carbocycles. The van der Waals surface area contributed by atoms with Crippen LogP contribution in [0.25, 0.3) is 10.4 Å². The standard InChI is InChI=1S/C15H16N6S2/c16-13-18-15(23-19-13)21-8-6-20(7-9-21)14-17-10-12(22-14)11-4-2-1-3-5-11/h1-5,10H,6-9H2,(H2,16,19). The van der Waals surface area contributed by atoms with E-state index in [1.165, 1.54) is 22.0 Å². The van der Waals surface area contributed by atoms with Crippen LogP contribution >= 0.6 is 22.9 Å². The number of nitrogens with two attached hydrogens (primary N) is 1. The summed E-state index contributed by atoms with van der Waals surface area (Å²) in [6, 6.07) is 10.4. The Kier molecular flexibility index (Phi) is 3.84. The molecule has 6 nitrogen and oxygen atoms in total. The monoisotopic (exact) mass is 344 g/mol. The first-order valence-electron chi connectivity index (χ1n) is 7.40. The first-order chi connectivity index (χ1) is 11.3. The predicted molar refractivity (Wildman–Crippen MR) is 96.3 cm³/mol. The van der Waals surface area contributed by atoms with Crippen LogP contribution in [0.3, 0.4) is 0 Å². The molecule has 0 unspecified atom stereocenters. The second-order valence-electron chi connectivity index (χ2n) is 5.28. The third kappa shape index (κ3) is 2.99. The highest BCUT2D eigenvalue weighted by Gasteiger charge is 2.21. The number of nitrogen functional groups attached to an aromatic ring is 1. The van der Waals surface area contributed by atoms with Gasteiger partial charge >= 0.3 is 0 Å². The molecule has 118 valence electrons. The number of rotatable bonds is 3. The maximum atomic E-state index is 5.60. The number of piperazine rings is 1. The minimum atomic E-state index is 0.361. The van der Waals surface area contributed by atoms with Gasteiger partial charge in [0.2, 0.25) is 11.1 Å². The molecule has 1 aromatic carbocycles. The average molecular weight is 344 g/mol. The second kappa shape index (κ2) is 6.13. The molecule has 23 heavy (non-hydrogen) atoms. The Balaban J connectivity index is 1.44. The van der Waals surface area contributed by atoms with E-state index in [-0.39, 0.29) is 0 Å². The molecular formula is C15H16N6S2. The van der Waals surface area contributed by atoms with E-state index in [2.05, 4.69) is 48.4 Å². The third-order valence-electron chi connectivity index (χ3n) is 3.80. The van der Waals surface area contributed by atoms with Gasteiger partial charge in [0.1, 0.15) is 0 Å². The second-order valence-corrected chi connectivity index (χ2v) is 7.02. The summed E-state index contributed by atoms with van der Waals surface area (Å²) < 4.78 is 4.05. The summed E-state index contributed by atoms with van der Waals surface area (Å²) >= 11 is 3.11. The lowest BCUT2D eigenvalue weighted by molar-refractivity contribution is 0.651. The smallest absolute Gasteiger partial charge is 0.233 e. The van der Waals surface area contributed by atoms with E-state index < -0.39 is 0 Å². The van der Waals surface area contributed by atoms with Gasteiger partial charge in [-0.3, -0.25) is 0 Å². The Morgan fingerprint density at radius 1 is 0.957 bits per heavy atom. The molecule has 3 heterocycles. The van der Waals surface area contributed by atoms with Gasteiger partial charge in [-0.25, -0.2) is 4.98 Å². The number of hydrogen-bond donors (Lipinski definition) is 1. The van der Waals surface area contributed by atoms with Crippen LogP contribution in [-0.4, -0.2) is 40.5 Å². The Labute approximate surface area is 142 Å². The van der Waals surface area contributed by atoms with Gasteiger partial charge < -0.3 is 15.5 Å². The molecule has 0 amide bonds. The van der Waals surface area contributed by atoms with E-state index >= 15 is 0 Å². The van der Waals surface area contributed by atoms with Crippen LogP contribution in [0.5, 0.6) is 0 Å². The molecule has 0 bridgehead atoms. The Bertz CT molecular complexity index is 776. The zero-order valence-corrected chi connectivity index (χ0v) is 14.1. The average Bonchev–Trinajstić information content (AvgIpc) is 3.25. The molecule has 0 atom stereocenters. The predicted octanol–water partition coefficient (Wildman–Crippen LogP) is 2.57. The van der Waals surface area contributed by atoms with Crippen molar-refractivity contribution in [2.24, 2.45) is 0 Å². The number of thiazole rings is 1. The van der Waals surface area contributed by atoms with E-state index in [9.17, 15) is 0 Å². The molecule has 1 fully saturated rings. The van der Waals surface area contributed by atoms with E-state index in [0.717, 1.165) is 36.4 Å². The van der Waals surface area contributed by atoms with Gasteiger partial charge in [0.05, 0.1) is 4.88 Å². The fraction of sp³-hybridized carbons (Fsp3) is 0.267. The quantitative estimate of drug-likeness (QED) is 0.787. The van der Waals surface area contributed by atoms with E-state index in [1.807, 2.05) is 12.3 Å². The van der Waals surface area contributed by atoms with Crippen LogP contribution < -0.4 is 15.5 Å². The fourth-order valence-electron chi connectivity index (χ4n) is 2.59. The van der Waals surface area contributed by atoms with Gasteiger partial charge in [0.15, 0.2) is 5.13 Å². The number of nitrogens with zero attached hydrogens (tertiary/aromatic N) is 5. The molecule has 1 aliphatic rings. The van der Waals surface area contributed by atoms with Gasteiger partial charge in [0.25, 0.3) is 0 Å². The lowest BCUT2D eigenvalue weighted by Crippen LogP contribution is -2.46. The summed E-state index contributed by atoms with van der Waals surface area (Å²) in [6.45, 7) is 3.69. The van der Waals surface area contributed by atoms with Crippen LogP contribution in [0, 0.1) is 0 Å².